The second-order valence-electron chi connectivity index (χ2n) is 5.86. The molecule has 0 saturated carbocycles. The molecule has 0 atom stereocenters. The van der Waals surface area contributed by atoms with Crippen LogP contribution in [-0.4, -0.2) is 4.98 Å². The molecular formula is C20H12ClF3N2O3. The van der Waals surface area contributed by atoms with Crippen LogP contribution in [0.25, 0.3) is 0 Å². The quantitative estimate of drug-likeness (QED) is 0.608. The first kappa shape index (κ1) is 20.3. The molecule has 2 aromatic carbocycles. The maximum Gasteiger partial charge on any atom is 0.417 e. The van der Waals surface area contributed by atoms with Crippen LogP contribution in [0.15, 0.2) is 59.5 Å². The Bertz CT molecular complexity index is 1140. The number of aromatic nitrogens is 1. The van der Waals surface area contributed by atoms with Crippen LogP contribution in [0.3, 0.4) is 0 Å². The summed E-state index contributed by atoms with van der Waals surface area (Å²) in [5, 5.41) is 8.91. The summed E-state index contributed by atoms with van der Waals surface area (Å²) in [6.07, 6.45) is -3.19. The van der Waals surface area contributed by atoms with E-state index in [0.29, 0.717) is 11.3 Å². The zero-order valence-corrected chi connectivity index (χ0v) is 15.3. The third-order valence-corrected chi connectivity index (χ3v) is 4.12. The zero-order valence-electron chi connectivity index (χ0n) is 14.6. The molecule has 1 heterocycles. The van der Waals surface area contributed by atoms with E-state index in [1.165, 1.54) is 30.5 Å². The Morgan fingerprint density at radius 2 is 1.86 bits per heavy atom. The lowest BCUT2D eigenvalue weighted by Crippen LogP contribution is -2.06. The van der Waals surface area contributed by atoms with Gasteiger partial charge in [-0.2, -0.15) is 18.4 Å². The van der Waals surface area contributed by atoms with E-state index < -0.39 is 16.8 Å². The standard InChI is InChI=1S/C20H12ClF3N2O3/c21-17-3-2-15(8-16(17)20(22,23)24)29-18-4-1-12(7-13(18)10-25)11-28-14-5-6-26-19(27)9-14/h1-9H,11H2,(H,26,27). The van der Waals surface area contributed by atoms with E-state index >= 15 is 0 Å². The fourth-order valence-electron chi connectivity index (χ4n) is 2.44. The lowest BCUT2D eigenvalue weighted by atomic mass is 10.1. The minimum Gasteiger partial charge on any atom is -0.489 e. The molecule has 0 unspecified atom stereocenters. The molecule has 9 heteroatoms. The monoisotopic (exact) mass is 420 g/mol. The van der Waals surface area contributed by atoms with Gasteiger partial charge in [-0.05, 0) is 42.0 Å². The normalized spacial score (nSPS) is 11.0. The lowest BCUT2D eigenvalue weighted by molar-refractivity contribution is -0.137. The van der Waals surface area contributed by atoms with Gasteiger partial charge in [0.25, 0.3) is 5.56 Å². The summed E-state index contributed by atoms with van der Waals surface area (Å²) in [6.45, 7) is 0.0809. The maximum atomic E-state index is 13.0. The Morgan fingerprint density at radius 3 is 2.55 bits per heavy atom. The number of alkyl halides is 3. The minimum atomic E-state index is -4.63. The largest absolute Gasteiger partial charge is 0.489 e. The van der Waals surface area contributed by atoms with Crippen LogP contribution >= 0.6 is 11.6 Å². The van der Waals surface area contributed by atoms with Crippen molar-refractivity contribution in [2.45, 2.75) is 12.8 Å². The van der Waals surface area contributed by atoms with Gasteiger partial charge in [0.1, 0.15) is 29.9 Å². The number of nitrogens with zero attached hydrogens (tertiary/aromatic N) is 1. The zero-order chi connectivity index (χ0) is 21.0. The van der Waals surface area contributed by atoms with Crippen molar-refractivity contribution in [1.82, 2.24) is 4.98 Å². The van der Waals surface area contributed by atoms with Crippen molar-refractivity contribution in [3.63, 3.8) is 0 Å². The van der Waals surface area contributed by atoms with E-state index in [1.54, 1.807) is 12.1 Å². The van der Waals surface area contributed by atoms with Crippen LogP contribution in [0.4, 0.5) is 13.2 Å². The lowest BCUT2D eigenvalue weighted by Gasteiger charge is -2.13. The third kappa shape index (κ3) is 5.09. The van der Waals surface area contributed by atoms with Crippen molar-refractivity contribution >= 4 is 11.6 Å². The highest BCUT2D eigenvalue weighted by atomic mass is 35.5. The molecule has 1 aromatic heterocycles. The van der Waals surface area contributed by atoms with Crippen molar-refractivity contribution in [3.8, 4) is 23.3 Å². The molecule has 148 valence electrons. The van der Waals surface area contributed by atoms with Crippen molar-refractivity contribution in [2.24, 2.45) is 0 Å². The van der Waals surface area contributed by atoms with Crippen LogP contribution in [0, 0.1) is 11.3 Å². The van der Waals surface area contributed by atoms with Crippen LogP contribution in [0.5, 0.6) is 17.2 Å². The van der Waals surface area contributed by atoms with E-state index in [2.05, 4.69) is 4.98 Å². The Hall–Kier alpha value is -3.44. The second-order valence-corrected chi connectivity index (χ2v) is 6.27. The number of ether oxygens (including phenoxy) is 2. The highest BCUT2D eigenvalue weighted by molar-refractivity contribution is 6.31. The van der Waals surface area contributed by atoms with Crippen LogP contribution in [-0.2, 0) is 12.8 Å². The number of hydrogen-bond acceptors (Lipinski definition) is 4. The van der Waals surface area contributed by atoms with Crippen molar-refractivity contribution in [1.29, 1.82) is 5.26 Å². The average Bonchev–Trinajstić information content (AvgIpc) is 2.68. The summed E-state index contributed by atoms with van der Waals surface area (Å²) >= 11 is 5.59. The van der Waals surface area contributed by atoms with Crippen LogP contribution < -0.4 is 15.0 Å². The van der Waals surface area contributed by atoms with Crippen LogP contribution in [0.2, 0.25) is 5.02 Å². The molecule has 3 rings (SSSR count). The molecule has 0 aliphatic carbocycles. The van der Waals surface area contributed by atoms with E-state index in [0.717, 1.165) is 12.1 Å². The highest BCUT2D eigenvalue weighted by Gasteiger charge is 2.33. The molecule has 3 aromatic rings. The summed E-state index contributed by atoms with van der Waals surface area (Å²) in [5.74, 6) is 0.335. The van der Waals surface area contributed by atoms with Crippen molar-refractivity contribution in [2.75, 3.05) is 0 Å². The van der Waals surface area contributed by atoms with Gasteiger partial charge in [-0.25, -0.2) is 0 Å². The Labute approximate surface area is 167 Å². The maximum absolute atomic E-state index is 13.0. The molecule has 0 amide bonds. The first-order valence-corrected chi connectivity index (χ1v) is 8.53. The first-order valence-electron chi connectivity index (χ1n) is 8.15. The van der Waals surface area contributed by atoms with Gasteiger partial charge in [-0.3, -0.25) is 4.79 Å². The number of nitriles is 1. The second kappa shape index (κ2) is 8.29. The van der Waals surface area contributed by atoms with Gasteiger partial charge in [-0.1, -0.05) is 17.7 Å². The molecule has 0 saturated heterocycles. The number of hydrogen-bond donors (Lipinski definition) is 1. The third-order valence-electron chi connectivity index (χ3n) is 3.79. The van der Waals surface area contributed by atoms with E-state index in [4.69, 9.17) is 21.1 Å². The fraction of sp³-hybridized carbons (Fsp3) is 0.100. The molecule has 5 nitrogen and oxygen atoms in total. The molecule has 0 aliphatic rings. The van der Waals surface area contributed by atoms with Gasteiger partial charge >= 0.3 is 6.18 Å². The minimum absolute atomic E-state index is 0.0809. The van der Waals surface area contributed by atoms with E-state index in [9.17, 15) is 23.2 Å². The molecule has 0 radical (unpaired) electrons. The highest BCUT2D eigenvalue weighted by Crippen LogP contribution is 2.38. The number of nitrogens with one attached hydrogen (secondary N) is 1. The summed E-state index contributed by atoms with van der Waals surface area (Å²) in [4.78, 5) is 13.7. The molecule has 0 fully saturated rings. The molecular weight excluding hydrogens is 409 g/mol. The Kier molecular flexibility index (Phi) is 5.80. The molecule has 29 heavy (non-hydrogen) atoms. The average molecular weight is 421 g/mol. The molecule has 0 spiro atoms. The topological polar surface area (TPSA) is 75.1 Å². The smallest absolute Gasteiger partial charge is 0.417 e. The van der Waals surface area contributed by atoms with Crippen molar-refractivity contribution in [3.05, 3.63) is 86.8 Å². The SMILES string of the molecule is N#Cc1cc(COc2cc[nH]c(=O)c2)ccc1Oc1ccc(Cl)c(C(F)(F)F)c1. The molecule has 1 N–H and O–H groups in total. The number of H-pyrrole nitrogens is 1. The van der Waals surface area contributed by atoms with Crippen LogP contribution in [0.1, 0.15) is 16.7 Å². The Morgan fingerprint density at radius 1 is 1.07 bits per heavy atom. The van der Waals surface area contributed by atoms with E-state index in [-0.39, 0.29) is 29.2 Å². The fourth-order valence-corrected chi connectivity index (χ4v) is 2.66. The number of aromatic amines is 1. The van der Waals surface area contributed by atoms with Gasteiger partial charge in [0.15, 0.2) is 0 Å². The summed E-state index contributed by atoms with van der Waals surface area (Å²) in [7, 11) is 0. The number of pyridine rings is 1. The predicted molar refractivity (Wildman–Crippen MR) is 99.1 cm³/mol. The number of rotatable bonds is 5. The van der Waals surface area contributed by atoms with Crippen molar-refractivity contribution < 1.29 is 22.6 Å². The van der Waals surface area contributed by atoms with Gasteiger partial charge < -0.3 is 14.5 Å². The Balaban J connectivity index is 1.79. The van der Waals surface area contributed by atoms with Gasteiger partial charge in [0, 0.05) is 12.3 Å². The predicted octanol–water partition coefficient (Wildman–Crippen LogP) is 5.29. The van der Waals surface area contributed by atoms with Gasteiger partial charge in [0.2, 0.25) is 0 Å². The summed E-state index contributed by atoms with van der Waals surface area (Å²) < 4.78 is 49.9. The molecule has 0 bridgehead atoms. The van der Waals surface area contributed by atoms with Gasteiger partial charge in [0.05, 0.1) is 16.1 Å². The number of halogens is 4. The number of benzene rings is 2. The van der Waals surface area contributed by atoms with Gasteiger partial charge in [-0.15, -0.1) is 0 Å². The summed E-state index contributed by atoms with van der Waals surface area (Å²) in [5.41, 5.74) is -0.620. The molecule has 0 aliphatic heterocycles. The van der Waals surface area contributed by atoms with E-state index in [1.807, 2.05) is 6.07 Å². The first-order chi connectivity index (χ1) is 13.8. The summed E-state index contributed by atoms with van der Waals surface area (Å²) in [6, 6.07) is 12.5.